The summed E-state index contributed by atoms with van der Waals surface area (Å²) in [7, 11) is 1.67. The van der Waals surface area contributed by atoms with Gasteiger partial charge in [-0.1, -0.05) is 47.9 Å². The second-order valence-electron chi connectivity index (χ2n) is 5.97. The maximum Gasteiger partial charge on any atom is 0.271 e. The summed E-state index contributed by atoms with van der Waals surface area (Å²) in [5.74, 6) is -0.139. The van der Waals surface area contributed by atoms with Crippen LogP contribution < -0.4 is 19.7 Å². The number of hydrogen-bond donors (Lipinski definition) is 0. The average molecular weight is 436 g/mol. The Balaban J connectivity index is 2.02. The predicted molar refractivity (Wildman–Crippen MR) is 119 cm³/mol. The molecule has 3 heterocycles. The van der Waals surface area contributed by atoms with Crippen molar-refractivity contribution >= 4 is 72.9 Å². The van der Waals surface area contributed by atoms with E-state index in [-0.39, 0.29) is 11.5 Å². The Hall–Kier alpha value is -1.55. The predicted octanol–water partition coefficient (Wildman–Crippen LogP) is 2.23. The number of hydrogen-bond acceptors (Lipinski definition) is 7. The Morgan fingerprint density at radius 3 is 2.44 bits per heavy atom. The molecule has 9 heteroatoms. The highest BCUT2D eigenvalue weighted by molar-refractivity contribution is 8.30. The summed E-state index contributed by atoms with van der Waals surface area (Å²) in [6, 6.07) is 8.16. The normalized spacial score (nSPS) is 20.7. The van der Waals surface area contributed by atoms with E-state index in [4.69, 9.17) is 12.2 Å². The van der Waals surface area contributed by atoms with Gasteiger partial charge in [0.15, 0.2) is 0 Å². The first-order valence-electron chi connectivity index (χ1n) is 8.50. The van der Waals surface area contributed by atoms with Gasteiger partial charge >= 0.3 is 0 Å². The van der Waals surface area contributed by atoms with E-state index in [2.05, 4.69) is 24.0 Å². The molecule has 5 nitrogen and oxygen atoms in total. The molecular weight excluding hydrogens is 418 g/mol. The minimum Gasteiger partial charge on any atom is -0.334 e. The fraction of sp³-hybridized carbons (Fsp3) is 0.278. The van der Waals surface area contributed by atoms with Gasteiger partial charge in [-0.05, 0) is 26.0 Å². The Morgan fingerprint density at radius 1 is 1.07 bits per heavy atom. The number of nitrogens with zero attached hydrogens (tertiary/aromatic N) is 3. The fourth-order valence-electron chi connectivity index (χ4n) is 3.09. The van der Waals surface area contributed by atoms with Gasteiger partial charge in [-0.15, -0.1) is 11.3 Å². The van der Waals surface area contributed by atoms with Crippen molar-refractivity contribution < 1.29 is 4.79 Å². The van der Waals surface area contributed by atoms with Crippen molar-refractivity contribution in [3.05, 3.63) is 43.8 Å². The third-order valence-electron chi connectivity index (χ3n) is 4.47. The summed E-state index contributed by atoms with van der Waals surface area (Å²) in [4.78, 5) is 31.1. The third-order valence-corrected chi connectivity index (χ3v) is 8.65. The van der Waals surface area contributed by atoms with Crippen molar-refractivity contribution in [2.24, 2.45) is 0 Å². The van der Waals surface area contributed by atoms with Gasteiger partial charge in [0.05, 0.1) is 5.69 Å². The minimum atomic E-state index is -0.139. The maximum absolute atomic E-state index is 13.2. The number of fused-ring (bicyclic) bond motifs is 1. The molecule has 0 saturated carbocycles. The van der Waals surface area contributed by atoms with E-state index >= 15 is 0 Å². The molecule has 140 valence electrons. The third kappa shape index (κ3) is 2.88. The highest BCUT2D eigenvalue weighted by Crippen LogP contribution is 2.45. The van der Waals surface area contributed by atoms with E-state index in [9.17, 15) is 9.59 Å². The van der Waals surface area contributed by atoms with Crippen molar-refractivity contribution in [2.75, 3.05) is 18.5 Å². The number of carbonyl (C=O) groups is 1. The molecule has 1 aromatic carbocycles. The number of thiazole rings is 1. The Morgan fingerprint density at radius 2 is 1.81 bits per heavy atom. The summed E-state index contributed by atoms with van der Waals surface area (Å²) in [6.07, 6.45) is 0. The summed E-state index contributed by atoms with van der Waals surface area (Å²) in [5, 5.41) is 0.939. The molecule has 0 aliphatic carbocycles. The highest BCUT2D eigenvalue weighted by Gasteiger charge is 2.32. The lowest BCUT2D eigenvalue weighted by Gasteiger charge is -2.16. The summed E-state index contributed by atoms with van der Waals surface area (Å²) in [6.45, 7) is 5.28. The molecule has 0 atom stereocenters. The van der Waals surface area contributed by atoms with Crippen molar-refractivity contribution in [1.29, 1.82) is 0 Å². The Bertz CT molecular complexity index is 1150. The average Bonchev–Trinajstić information content (AvgIpc) is 3.28. The molecule has 0 N–H and O–H groups in total. The second-order valence-corrected chi connectivity index (χ2v) is 9.64. The summed E-state index contributed by atoms with van der Waals surface area (Å²) in [5.41, 5.74) is 1.07. The zero-order valence-electron chi connectivity index (χ0n) is 15.0. The number of anilines is 1. The van der Waals surface area contributed by atoms with E-state index in [1.165, 1.54) is 28.0 Å². The summed E-state index contributed by atoms with van der Waals surface area (Å²) >= 11 is 9.53. The van der Waals surface area contributed by atoms with E-state index in [0.29, 0.717) is 25.0 Å². The lowest BCUT2D eigenvalue weighted by molar-refractivity contribution is -0.119. The molecule has 1 aromatic heterocycles. The van der Waals surface area contributed by atoms with Crippen LogP contribution in [-0.2, 0) is 11.3 Å². The van der Waals surface area contributed by atoms with Gasteiger partial charge in [-0.3, -0.25) is 19.1 Å². The molecule has 1 saturated heterocycles. The first-order chi connectivity index (χ1) is 13.0. The number of amides is 1. The molecule has 0 spiro atoms. The molecule has 1 amide bonds. The largest absolute Gasteiger partial charge is 0.334 e. The van der Waals surface area contributed by atoms with E-state index in [1.807, 2.05) is 19.1 Å². The number of benzene rings is 1. The van der Waals surface area contributed by atoms with Crippen LogP contribution in [0.15, 0.2) is 34.0 Å². The number of aromatic nitrogens is 1. The number of thiocarbonyl (C=S) groups is 1. The van der Waals surface area contributed by atoms with Gasteiger partial charge in [0.2, 0.25) is 0 Å². The number of para-hydroxylation sites is 1. The van der Waals surface area contributed by atoms with Crippen LogP contribution in [0, 0.1) is 0 Å². The molecule has 2 aliphatic rings. The SMILES string of the molecule is CCN1C(=c2sc(=C3SC(=S)N(C)C3=O)n(CC)c2=O)Sc2ccccc21. The Labute approximate surface area is 174 Å². The first-order valence-corrected chi connectivity index (χ1v) is 11.4. The van der Waals surface area contributed by atoms with Crippen LogP contribution in [0.2, 0.25) is 0 Å². The van der Waals surface area contributed by atoms with Gasteiger partial charge in [0.1, 0.15) is 23.4 Å². The van der Waals surface area contributed by atoms with Gasteiger partial charge in [0, 0.05) is 25.0 Å². The molecule has 0 radical (unpaired) electrons. The molecule has 2 aromatic rings. The van der Waals surface area contributed by atoms with Gasteiger partial charge in [0.25, 0.3) is 11.5 Å². The first kappa shape index (κ1) is 18.8. The van der Waals surface area contributed by atoms with Crippen LogP contribution in [-0.4, -0.2) is 33.3 Å². The number of rotatable bonds is 2. The zero-order chi connectivity index (χ0) is 19.3. The molecule has 4 rings (SSSR count). The van der Waals surface area contributed by atoms with Crippen LogP contribution in [0.1, 0.15) is 13.8 Å². The van der Waals surface area contributed by atoms with Crippen molar-refractivity contribution in [2.45, 2.75) is 25.3 Å². The van der Waals surface area contributed by atoms with Crippen molar-refractivity contribution in [1.82, 2.24) is 9.47 Å². The molecule has 2 aliphatic heterocycles. The molecular formula is C18H17N3O2S4. The smallest absolute Gasteiger partial charge is 0.271 e. The monoisotopic (exact) mass is 435 g/mol. The van der Waals surface area contributed by atoms with E-state index in [0.717, 1.165) is 22.2 Å². The second kappa shape index (κ2) is 7.12. The summed E-state index contributed by atoms with van der Waals surface area (Å²) < 4.78 is 3.58. The van der Waals surface area contributed by atoms with Crippen LogP contribution in [0.5, 0.6) is 0 Å². The maximum atomic E-state index is 13.2. The molecule has 27 heavy (non-hydrogen) atoms. The van der Waals surface area contributed by atoms with Crippen molar-refractivity contribution in [3.63, 3.8) is 0 Å². The minimum absolute atomic E-state index is 0.0485. The standard InChI is InChI=1S/C18H17N3O2S4/c1-4-20-10-8-6-7-9-11(10)25-16(20)13-15(23)21(5-2)17(26-13)12-14(22)19(3)18(24)27-12/h6-9H,4-5H2,1-3H3. The topological polar surface area (TPSA) is 45.5 Å². The highest BCUT2D eigenvalue weighted by atomic mass is 32.2. The van der Waals surface area contributed by atoms with Crippen LogP contribution in [0.3, 0.4) is 0 Å². The van der Waals surface area contributed by atoms with E-state index < -0.39 is 0 Å². The van der Waals surface area contributed by atoms with Crippen molar-refractivity contribution in [3.8, 4) is 0 Å². The Kier molecular flexibility index (Phi) is 4.96. The van der Waals surface area contributed by atoms with Crippen LogP contribution in [0.4, 0.5) is 5.69 Å². The molecule has 0 bridgehead atoms. The molecule has 1 fully saturated rings. The molecule has 0 unspecified atom stereocenters. The van der Waals surface area contributed by atoms with Crippen LogP contribution >= 0.6 is 47.1 Å². The van der Waals surface area contributed by atoms with Gasteiger partial charge in [-0.2, -0.15) is 0 Å². The van der Waals surface area contributed by atoms with E-state index in [1.54, 1.807) is 23.4 Å². The number of thioether (sulfide) groups is 2. The van der Waals surface area contributed by atoms with Gasteiger partial charge in [-0.25, -0.2) is 0 Å². The number of carbonyl (C=O) groups excluding carboxylic acids is 1. The van der Waals surface area contributed by atoms with Crippen LogP contribution in [0.25, 0.3) is 9.93 Å². The lowest BCUT2D eigenvalue weighted by Crippen LogP contribution is -2.35. The fourth-order valence-corrected chi connectivity index (χ4v) is 6.98. The zero-order valence-corrected chi connectivity index (χ0v) is 18.3. The quantitative estimate of drug-likeness (QED) is 0.674. The lowest BCUT2D eigenvalue weighted by atomic mass is 10.3. The van der Waals surface area contributed by atoms with Gasteiger partial charge < -0.3 is 4.90 Å².